The number of methoxy groups -OCH3 is 1. The van der Waals surface area contributed by atoms with Gasteiger partial charge in [-0.1, -0.05) is 28.1 Å². The summed E-state index contributed by atoms with van der Waals surface area (Å²) in [6.45, 7) is 2.56. The van der Waals surface area contributed by atoms with Gasteiger partial charge in [0.05, 0.1) is 13.7 Å². The number of hydrogen-bond donors (Lipinski definition) is 1. The van der Waals surface area contributed by atoms with Gasteiger partial charge in [-0.3, -0.25) is 9.59 Å². The van der Waals surface area contributed by atoms with E-state index in [-0.39, 0.29) is 29.9 Å². The minimum Gasteiger partial charge on any atom is -0.496 e. The summed E-state index contributed by atoms with van der Waals surface area (Å²) in [5.41, 5.74) is 3.40. The van der Waals surface area contributed by atoms with E-state index in [4.69, 9.17) is 9.47 Å². The Kier molecular flexibility index (Phi) is 5.95. The molecule has 2 unspecified atom stereocenters. The van der Waals surface area contributed by atoms with Crippen molar-refractivity contribution in [3.05, 3.63) is 69.3 Å². The number of carbonyl (C=O) groups is 2. The van der Waals surface area contributed by atoms with E-state index in [0.29, 0.717) is 30.8 Å². The van der Waals surface area contributed by atoms with Gasteiger partial charge >= 0.3 is 0 Å². The van der Waals surface area contributed by atoms with Crippen LogP contribution in [0.2, 0.25) is 0 Å². The molecule has 4 rings (SSSR count). The zero-order chi connectivity index (χ0) is 21.3. The first-order valence-corrected chi connectivity index (χ1v) is 10.9. The van der Waals surface area contributed by atoms with Crippen LogP contribution in [-0.4, -0.2) is 25.4 Å². The van der Waals surface area contributed by atoms with Crippen LogP contribution in [0, 0.1) is 0 Å². The maximum absolute atomic E-state index is 13.3. The van der Waals surface area contributed by atoms with Crippen LogP contribution in [0.4, 0.5) is 0 Å². The van der Waals surface area contributed by atoms with Crippen molar-refractivity contribution < 1.29 is 19.1 Å². The molecule has 0 spiro atoms. The van der Waals surface area contributed by atoms with Gasteiger partial charge in [-0.2, -0.15) is 0 Å². The predicted molar refractivity (Wildman–Crippen MR) is 118 cm³/mol. The van der Waals surface area contributed by atoms with Gasteiger partial charge in [0.25, 0.3) is 0 Å². The smallest absolute Gasteiger partial charge is 0.225 e. The number of Topliss-reactive ketones (excluding diaryl/α,β-unsaturated/α-hetero) is 1. The van der Waals surface area contributed by atoms with Gasteiger partial charge in [-0.25, -0.2) is 0 Å². The van der Waals surface area contributed by atoms with E-state index in [2.05, 4.69) is 21.2 Å². The number of nitrogens with one attached hydrogen (secondary N) is 1. The van der Waals surface area contributed by atoms with Crippen LogP contribution >= 0.6 is 15.9 Å². The maximum atomic E-state index is 13.3. The Hall–Kier alpha value is -2.60. The standard InChI is InChI=1S/C24H24BrNO4/c1-3-30-17-7-4-14(5-8-17)15-10-20-24(21(27)11-15)19(13-23(28)26-20)18-12-16(25)6-9-22(18)29-2/h4-9,12,15,19H,3,10-11,13H2,1-2H3,(H,26,28). The van der Waals surface area contributed by atoms with Crippen LogP contribution in [-0.2, 0) is 9.59 Å². The lowest BCUT2D eigenvalue weighted by atomic mass is 9.73. The zero-order valence-electron chi connectivity index (χ0n) is 17.0. The van der Waals surface area contributed by atoms with E-state index in [1.54, 1.807) is 7.11 Å². The van der Waals surface area contributed by atoms with E-state index in [1.165, 1.54) is 0 Å². The van der Waals surface area contributed by atoms with E-state index in [0.717, 1.165) is 27.0 Å². The summed E-state index contributed by atoms with van der Waals surface area (Å²) in [5.74, 6) is 1.26. The molecule has 1 aliphatic heterocycles. The monoisotopic (exact) mass is 469 g/mol. The molecule has 1 heterocycles. The van der Waals surface area contributed by atoms with Gasteiger partial charge in [0.15, 0.2) is 5.78 Å². The van der Waals surface area contributed by atoms with Crippen LogP contribution < -0.4 is 14.8 Å². The number of allylic oxidation sites excluding steroid dienone is 2. The highest BCUT2D eigenvalue weighted by Crippen LogP contribution is 2.45. The van der Waals surface area contributed by atoms with E-state index >= 15 is 0 Å². The number of ketones is 1. The van der Waals surface area contributed by atoms with Crippen molar-refractivity contribution in [3.63, 3.8) is 0 Å². The lowest BCUT2D eigenvalue weighted by molar-refractivity contribution is -0.122. The number of ether oxygens (including phenoxy) is 2. The molecule has 1 aliphatic carbocycles. The Morgan fingerprint density at radius 3 is 2.53 bits per heavy atom. The highest BCUT2D eigenvalue weighted by atomic mass is 79.9. The summed E-state index contributed by atoms with van der Waals surface area (Å²) in [4.78, 5) is 25.8. The fraction of sp³-hybridized carbons (Fsp3) is 0.333. The minimum atomic E-state index is -0.296. The van der Waals surface area contributed by atoms with Crippen molar-refractivity contribution >= 4 is 27.6 Å². The molecule has 0 bridgehead atoms. The van der Waals surface area contributed by atoms with Crippen LogP contribution in [0.1, 0.15) is 49.1 Å². The summed E-state index contributed by atoms with van der Waals surface area (Å²) in [7, 11) is 1.61. The van der Waals surface area contributed by atoms with Crippen LogP contribution in [0.15, 0.2) is 58.2 Å². The first-order valence-electron chi connectivity index (χ1n) is 10.1. The fourth-order valence-electron chi connectivity index (χ4n) is 4.44. The Morgan fingerprint density at radius 2 is 1.83 bits per heavy atom. The normalized spacial score (nSPS) is 21.2. The summed E-state index contributed by atoms with van der Waals surface area (Å²) in [5, 5.41) is 2.97. The van der Waals surface area contributed by atoms with Crippen LogP contribution in [0.5, 0.6) is 11.5 Å². The molecule has 2 aliphatic rings. The lowest BCUT2D eigenvalue weighted by Crippen LogP contribution is -2.38. The van der Waals surface area contributed by atoms with Gasteiger partial charge < -0.3 is 14.8 Å². The molecule has 2 atom stereocenters. The SMILES string of the molecule is CCOc1ccc(C2CC(=O)C3=C(C2)NC(=O)CC3c2cc(Br)ccc2OC)cc1. The lowest BCUT2D eigenvalue weighted by Gasteiger charge is -2.35. The molecule has 6 heteroatoms. The molecule has 5 nitrogen and oxygen atoms in total. The average molecular weight is 470 g/mol. The molecule has 2 aromatic rings. The minimum absolute atomic E-state index is 0.0374. The molecule has 0 fully saturated rings. The molecule has 2 aromatic carbocycles. The number of benzene rings is 2. The van der Waals surface area contributed by atoms with E-state index in [9.17, 15) is 9.59 Å². The molecule has 1 N–H and O–H groups in total. The second kappa shape index (κ2) is 8.64. The molecule has 156 valence electrons. The van der Waals surface area contributed by atoms with Gasteiger partial charge in [-0.05, 0) is 55.2 Å². The van der Waals surface area contributed by atoms with Crippen LogP contribution in [0.25, 0.3) is 0 Å². The zero-order valence-corrected chi connectivity index (χ0v) is 18.6. The van der Waals surface area contributed by atoms with Gasteiger partial charge in [0.2, 0.25) is 5.91 Å². The Morgan fingerprint density at radius 1 is 1.07 bits per heavy atom. The maximum Gasteiger partial charge on any atom is 0.225 e. The predicted octanol–water partition coefficient (Wildman–Crippen LogP) is 4.86. The first-order chi connectivity index (χ1) is 14.5. The molecule has 0 radical (unpaired) electrons. The van der Waals surface area contributed by atoms with Crippen LogP contribution in [0.3, 0.4) is 0 Å². The molecule has 1 amide bonds. The van der Waals surface area contributed by atoms with E-state index < -0.39 is 0 Å². The van der Waals surface area contributed by atoms with E-state index in [1.807, 2.05) is 49.4 Å². The van der Waals surface area contributed by atoms with Crippen molar-refractivity contribution in [2.24, 2.45) is 0 Å². The highest BCUT2D eigenvalue weighted by Gasteiger charge is 2.39. The number of halogens is 1. The number of amides is 1. The van der Waals surface area contributed by atoms with Crippen molar-refractivity contribution in [3.8, 4) is 11.5 Å². The topological polar surface area (TPSA) is 64.6 Å². The van der Waals surface area contributed by atoms with Gasteiger partial charge in [-0.15, -0.1) is 0 Å². The molecule has 0 saturated carbocycles. The molecular weight excluding hydrogens is 446 g/mol. The molecule has 0 aromatic heterocycles. The number of hydrogen-bond acceptors (Lipinski definition) is 4. The number of carbonyl (C=O) groups excluding carboxylic acids is 2. The second-order valence-electron chi connectivity index (χ2n) is 7.61. The third-order valence-electron chi connectivity index (χ3n) is 5.77. The van der Waals surface area contributed by atoms with Gasteiger partial charge in [0, 0.05) is 40.1 Å². The second-order valence-corrected chi connectivity index (χ2v) is 8.53. The van der Waals surface area contributed by atoms with Crippen molar-refractivity contribution in [1.82, 2.24) is 5.32 Å². The van der Waals surface area contributed by atoms with Crippen molar-refractivity contribution in [1.29, 1.82) is 0 Å². The summed E-state index contributed by atoms with van der Waals surface area (Å²) in [6, 6.07) is 13.6. The third-order valence-corrected chi connectivity index (χ3v) is 6.26. The summed E-state index contributed by atoms with van der Waals surface area (Å²) >= 11 is 3.50. The van der Waals surface area contributed by atoms with Crippen molar-refractivity contribution in [2.45, 2.75) is 38.0 Å². The number of rotatable bonds is 5. The van der Waals surface area contributed by atoms with Gasteiger partial charge in [0.1, 0.15) is 11.5 Å². The molecular formula is C24H24BrNO4. The quantitative estimate of drug-likeness (QED) is 0.678. The first kappa shape index (κ1) is 20.7. The fourth-order valence-corrected chi connectivity index (χ4v) is 4.82. The molecule has 0 saturated heterocycles. The Bertz CT molecular complexity index is 1010. The summed E-state index contributed by atoms with van der Waals surface area (Å²) in [6.07, 6.45) is 1.30. The van der Waals surface area contributed by atoms with Crippen molar-refractivity contribution in [2.75, 3.05) is 13.7 Å². The average Bonchev–Trinajstić information content (AvgIpc) is 2.73. The Labute approximate surface area is 184 Å². The largest absolute Gasteiger partial charge is 0.496 e. The highest BCUT2D eigenvalue weighted by molar-refractivity contribution is 9.10. The Balaban J connectivity index is 1.68. The third kappa shape index (κ3) is 4.01. The summed E-state index contributed by atoms with van der Waals surface area (Å²) < 4.78 is 11.9. The molecule has 30 heavy (non-hydrogen) atoms.